The number of hydrogen-bond acceptors (Lipinski definition) is 5. The average molecular weight is 476 g/mol. The molecule has 2 fully saturated rings. The van der Waals surface area contributed by atoms with Gasteiger partial charge in [0.2, 0.25) is 0 Å². The van der Waals surface area contributed by atoms with Gasteiger partial charge in [-0.05, 0) is 67.6 Å². The number of nitrogens with zero attached hydrogens (tertiary/aromatic N) is 3. The lowest BCUT2D eigenvalue weighted by atomic mass is 9.71. The van der Waals surface area contributed by atoms with Crippen LogP contribution in [0.25, 0.3) is 22.3 Å². The molecule has 5 heteroatoms. The summed E-state index contributed by atoms with van der Waals surface area (Å²) < 4.78 is 5.58. The fourth-order valence-corrected chi connectivity index (χ4v) is 7.32. The van der Waals surface area contributed by atoms with Crippen molar-refractivity contribution in [2.75, 3.05) is 13.7 Å². The highest BCUT2D eigenvalue weighted by atomic mass is 16.5. The number of carbonyl (C=O) groups is 1. The summed E-state index contributed by atoms with van der Waals surface area (Å²) in [4.78, 5) is 27.0. The lowest BCUT2D eigenvalue weighted by molar-refractivity contribution is -0.148. The Hall–Kier alpha value is -3.57. The minimum absolute atomic E-state index is 0.0115. The molecule has 2 saturated heterocycles. The monoisotopic (exact) mass is 475 g/mol. The van der Waals surface area contributed by atoms with Gasteiger partial charge in [-0.3, -0.25) is 9.69 Å². The van der Waals surface area contributed by atoms with Gasteiger partial charge in [0.1, 0.15) is 5.54 Å². The molecule has 4 atom stereocenters. The van der Waals surface area contributed by atoms with E-state index in [1.807, 2.05) is 6.07 Å². The molecule has 5 nitrogen and oxygen atoms in total. The molecule has 3 aromatic carbocycles. The maximum Gasteiger partial charge on any atom is 0.312 e. The Bertz CT molecular complexity index is 1530. The lowest BCUT2D eigenvalue weighted by Gasteiger charge is -2.39. The number of ether oxygens (including phenoxy) is 1. The third-order valence-corrected chi connectivity index (χ3v) is 8.85. The van der Waals surface area contributed by atoms with E-state index in [9.17, 15) is 4.79 Å². The largest absolute Gasteiger partial charge is 0.469 e. The van der Waals surface area contributed by atoms with Crippen LogP contribution in [0.15, 0.2) is 66.7 Å². The number of methoxy groups -OCH3 is 1. The quantitative estimate of drug-likeness (QED) is 0.357. The Morgan fingerprint density at radius 2 is 1.67 bits per heavy atom. The van der Waals surface area contributed by atoms with Gasteiger partial charge < -0.3 is 4.74 Å². The van der Waals surface area contributed by atoms with Crippen molar-refractivity contribution in [1.29, 1.82) is 0 Å². The topological polar surface area (TPSA) is 55.3 Å². The molecule has 0 saturated carbocycles. The Morgan fingerprint density at radius 3 is 2.42 bits per heavy atom. The van der Waals surface area contributed by atoms with Gasteiger partial charge >= 0.3 is 5.97 Å². The van der Waals surface area contributed by atoms with Crippen molar-refractivity contribution in [2.24, 2.45) is 5.92 Å². The number of hydrogen-bond donors (Lipinski definition) is 0. The van der Waals surface area contributed by atoms with Gasteiger partial charge in [-0.1, -0.05) is 54.6 Å². The number of carbonyl (C=O) groups excluding carboxylic acids is 1. The summed E-state index contributed by atoms with van der Waals surface area (Å²) in [5.41, 5.74) is 8.66. The van der Waals surface area contributed by atoms with Crippen LogP contribution in [-0.4, -0.2) is 40.5 Å². The van der Waals surface area contributed by atoms with E-state index in [-0.39, 0.29) is 17.9 Å². The smallest absolute Gasteiger partial charge is 0.312 e. The Kier molecular flexibility index (Phi) is 4.65. The Morgan fingerprint density at radius 1 is 0.972 bits per heavy atom. The predicted octanol–water partition coefficient (Wildman–Crippen LogP) is 5.52. The highest BCUT2D eigenvalue weighted by Crippen LogP contribution is 2.64. The summed E-state index contributed by atoms with van der Waals surface area (Å²) in [5, 5.41) is 0. The lowest BCUT2D eigenvalue weighted by Crippen LogP contribution is -2.48. The van der Waals surface area contributed by atoms with Gasteiger partial charge in [0, 0.05) is 17.5 Å². The zero-order valence-corrected chi connectivity index (χ0v) is 20.9. The second-order valence-electron chi connectivity index (χ2n) is 10.5. The minimum Gasteiger partial charge on any atom is -0.469 e. The summed E-state index contributed by atoms with van der Waals surface area (Å²) in [6, 6.07) is 23.5. The molecule has 0 amide bonds. The Balaban J connectivity index is 1.59. The van der Waals surface area contributed by atoms with E-state index in [4.69, 9.17) is 14.7 Å². The van der Waals surface area contributed by atoms with Gasteiger partial charge in [0.15, 0.2) is 0 Å². The fraction of sp³-hybridized carbons (Fsp3) is 0.323. The molecule has 0 radical (unpaired) electrons. The SMILES string of the molecule is COC(=O)[C@H]1[C@H](c2ccccc2)[C@H]2CCCN2[C@@]12c1ccccc1-c1nc3cc(C)c(C)cc3nc12. The molecule has 3 heterocycles. The number of aryl methyl sites for hydroxylation is 2. The van der Waals surface area contributed by atoms with E-state index in [1.54, 1.807) is 0 Å². The maximum atomic E-state index is 13.9. The molecule has 4 aromatic rings. The molecule has 0 bridgehead atoms. The zero-order chi connectivity index (χ0) is 24.6. The highest BCUT2D eigenvalue weighted by molar-refractivity contribution is 5.89. The number of esters is 1. The van der Waals surface area contributed by atoms with E-state index >= 15 is 0 Å². The summed E-state index contributed by atoms with van der Waals surface area (Å²) in [6.45, 7) is 5.15. The predicted molar refractivity (Wildman–Crippen MR) is 140 cm³/mol. The molecular weight excluding hydrogens is 446 g/mol. The van der Waals surface area contributed by atoms with Crippen LogP contribution in [0.4, 0.5) is 0 Å². The van der Waals surface area contributed by atoms with E-state index < -0.39 is 11.5 Å². The third-order valence-electron chi connectivity index (χ3n) is 8.85. The summed E-state index contributed by atoms with van der Waals surface area (Å²) >= 11 is 0. The van der Waals surface area contributed by atoms with Crippen molar-refractivity contribution in [3.8, 4) is 11.3 Å². The second-order valence-corrected chi connectivity index (χ2v) is 10.5. The minimum atomic E-state index is -0.708. The van der Waals surface area contributed by atoms with Gasteiger partial charge in [0.05, 0.1) is 35.4 Å². The number of aromatic nitrogens is 2. The molecule has 36 heavy (non-hydrogen) atoms. The fourth-order valence-electron chi connectivity index (χ4n) is 7.32. The molecule has 3 aliphatic rings. The standard InChI is InChI=1S/C31H29N3O2/c1-18-16-23-24(17-19(18)2)33-29-28(32-23)21-12-7-8-13-22(21)31(29)27(30(35)36-3)26(20-10-5-4-6-11-20)25-14-9-15-34(25)31/h4-8,10-13,16-17,25-27H,9,14-15H2,1-3H3/t25-,26-,27-,31+/m1/s1. The van der Waals surface area contributed by atoms with Crippen LogP contribution in [0.3, 0.4) is 0 Å². The van der Waals surface area contributed by atoms with Gasteiger partial charge in [0.25, 0.3) is 0 Å². The summed E-state index contributed by atoms with van der Waals surface area (Å²) in [7, 11) is 1.52. The zero-order valence-electron chi connectivity index (χ0n) is 20.9. The molecular formula is C31H29N3O2. The van der Waals surface area contributed by atoms with E-state index in [1.165, 1.54) is 23.8 Å². The van der Waals surface area contributed by atoms with E-state index in [2.05, 4.69) is 79.4 Å². The molecule has 7 rings (SSSR count). The normalized spacial score (nSPS) is 26.2. The van der Waals surface area contributed by atoms with Gasteiger partial charge in [-0.25, -0.2) is 9.97 Å². The van der Waals surface area contributed by atoms with Crippen LogP contribution < -0.4 is 0 Å². The number of fused-ring (bicyclic) bond motifs is 8. The van der Waals surface area contributed by atoms with Crippen LogP contribution in [-0.2, 0) is 15.1 Å². The van der Waals surface area contributed by atoms with Crippen LogP contribution in [0.2, 0.25) is 0 Å². The number of benzene rings is 3. The maximum absolute atomic E-state index is 13.9. The van der Waals surface area contributed by atoms with Crippen molar-refractivity contribution in [3.05, 3.63) is 94.7 Å². The second kappa shape index (κ2) is 7.71. The van der Waals surface area contributed by atoms with Gasteiger partial charge in [-0.2, -0.15) is 0 Å². The first kappa shape index (κ1) is 21.7. The van der Waals surface area contributed by atoms with Crippen LogP contribution >= 0.6 is 0 Å². The van der Waals surface area contributed by atoms with E-state index in [0.717, 1.165) is 52.9 Å². The highest BCUT2D eigenvalue weighted by Gasteiger charge is 2.68. The molecule has 1 spiro atoms. The first-order valence-electron chi connectivity index (χ1n) is 12.8. The third kappa shape index (κ3) is 2.67. The van der Waals surface area contributed by atoms with Crippen molar-refractivity contribution >= 4 is 17.0 Å². The summed E-state index contributed by atoms with van der Waals surface area (Å²) in [6.07, 6.45) is 2.14. The van der Waals surface area contributed by atoms with E-state index in [0.29, 0.717) is 0 Å². The first-order chi connectivity index (χ1) is 17.6. The van der Waals surface area contributed by atoms with Crippen molar-refractivity contribution in [2.45, 2.75) is 44.2 Å². The van der Waals surface area contributed by atoms with Crippen LogP contribution in [0.1, 0.15) is 46.7 Å². The van der Waals surface area contributed by atoms with Gasteiger partial charge in [-0.15, -0.1) is 0 Å². The molecule has 1 aliphatic carbocycles. The molecule has 0 unspecified atom stereocenters. The molecule has 1 aromatic heterocycles. The van der Waals surface area contributed by atoms with Crippen LogP contribution in [0.5, 0.6) is 0 Å². The Labute approximate surface area is 211 Å². The van der Waals surface area contributed by atoms with Crippen molar-refractivity contribution in [3.63, 3.8) is 0 Å². The first-order valence-corrected chi connectivity index (χ1v) is 12.8. The number of rotatable bonds is 2. The molecule has 2 aliphatic heterocycles. The summed E-state index contributed by atoms with van der Waals surface area (Å²) in [5.74, 6) is -0.587. The van der Waals surface area contributed by atoms with Crippen molar-refractivity contribution < 1.29 is 9.53 Å². The van der Waals surface area contributed by atoms with Crippen LogP contribution in [0, 0.1) is 19.8 Å². The molecule has 180 valence electrons. The van der Waals surface area contributed by atoms with Crippen molar-refractivity contribution in [1.82, 2.24) is 14.9 Å². The molecule has 0 N–H and O–H groups in total. The average Bonchev–Trinajstić information content (AvgIpc) is 3.56.